The van der Waals surface area contributed by atoms with E-state index in [1.54, 1.807) is 0 Å². The van der Waals surface area contributed by atoms with Crippen molar-refractivity contribution in [1.82, 2.24) is 25.5 Å². The monoisotopic (exact) mass is 209 g/mol. The lowest BCUT2D eigenvalue weighted by Gasteiger charge is -2.25. The second-order valence-corrected chi connectivity index (χ2v) is 4.32. The van der Waals surface area contributed by atoms with Crippen LogP contribution in [0.3, 0.4) is 0 Å². The minimum Gasteiger partial charge on any atom is -0.349 e. The Bertz CT molecular complexity index is 328. The molecule has 1 heterocycles. The highest BCUT2D eigenvalue weighted by Crippen LogP contribution is 2.28. The number of carbonyl (C=O) groups excluding carboxylic acids is 1. The average molecular weight is 209 g/mol. The number of aromatic nitrogens is 4. The van der Waals surface area contributed by atoms with Gasteiger partial charge >= 0.3 is 0 Å². The Hall–Kier alpha value is -1.46. The molecule has 0 radical (unpaired) electrons. The summed E-state index contributed by atoms with van der Waals surface area (Å²) in [6.45, 7) is 2.29. The zero-order valence-corrected chi connectivity index (χ0v) is 8.81. The van der Waals surface area contributed by atoms with Gasteiger partial charge in [-0.1, -0.05) is 12.8 Å². The number of carbonyl (C=O) groups is 1. The molecule has 1 aromatic rings. The van der Waals surface area contributed by atoms with Gasteiger partial charge in [0.2, 0.25) is 5.91 Å². The van der Waals surface area contributed by atoms with Crippen molar-refractivity contribution in [1.29, 1.82) is 0 Å². The van der Waals surface area contributed by atoms with Crippen LogP contribution in [0.25, 0.3) is 0 Å². The fourth-order valence-electron chi connectivity index (χ4n) is 2.06. The zero-order valence-electron chi connectivity index (χ0n) is 8.81. The Morgan fingerprint density at radius 2 is 2.27 bits per heavy atom. The molecule has 1 aliphatic carbocycles. The maximum absolute atomic E-state index is 11.6. The van der Waals surface area contributed by atoms with Gasteiger partial charge in [-0.25, -0.2) is 4.68 Å². The topological polar surface area (TPSA) is 72.7 Å². The third-order valence-electron chi connectivity index (χ3n) is 2.85. The Labute approximate surface area is 88.0 Å². The molecule has 1 fully saturated rings. The van der Waals surface area contributed by atoms with E-state index in [1.165, 1.54) is 23.9 Å². The first-order valence-corrected chi connectivity index (χ1v) is 5.20. The molecule has 0 atom stereocenters. The van der Waals surface area contributed by atoms with E-state index in [1.807, 2.05) is 0 Å². The van der Waals surface area contributed by atoms with Crippen LogP contribution in [0.15, 0.2) is 6.33 Å². The van der Waals surface area contributed by atoms with Crippen LogP contribution >= 0.6 is 0 Å². The number of hydrogen-bond donors (Lipinski definition) is 1. The van der Waals surface area contributed by atoms with E-state index in [0.29, 0.717) is 0 Å². The number of tetrazole rings is 1. The molecule has 0 saturated heterocycles. The van der Waals surface area contributed by atoms with E-state index in [0.717, 1.165) is 12.8 Å². The molecular formula is C9H15N5O. The molecule has 0 aliphatic heterocycles. The summed E-state index contributed by atoms with van der Waals surface area (Å²) in [4.78, 5) is 11.6. The first kappa shape index (κ1) is 10.1. The van der Waals surface area contributed by atoms with Gasteiger partial charge in [0.25, 0.3) is 0 Å². The van der Waals surface area contributed by atoms with E-state index >= 15 is 0 Å². The molecule has 1 amide bonds. The second-order valence-electron chi connectivity index (χ2n) is 4.32. The summed E-state index contributed by atoms with van der Waals surface area (Å²) >= 11 is 0. The first-order valence-electron chi connectivity index (χ1n) is 5.20. The van der Waals surface area contributed by atoms with Gasteiger partial charge in [0, 0.05) is 5.54 Å². The highest BCUT2D eigenvalue weighted by Gasteiger charge is 2.29. The average Bonchev–Trinajstić information content (AvgIpc) is 2.76. The van der Waals surface area contributed by atoms with Crippen LogP contribution in [0.2, 0.25) is 0 Å². The fourth-order valence-corrected chi connectivity index (χ4v) is 2.06. The van der Waals surface area contributed by atoms with Crippen LogP contribution in [0, 0.1) is 0 Å². The Kier molecular flexibility index (Phi) is 2.66. The molecule has 0 aromatic carbocycles. The molecule has 6 heteroatoms. The van der Waals surface area contributed by atoms with E-state index in [9.17, 15) is 4.79 Å². The van der Waals surface area contributed by atoms with E-state index in [4.69, 9.17) is 0 Å². The van der Waals surface area contributed by atoms with E-state index in [-0.39, 0.29) is 18.0 Å². The van der Waals surface area contributed by atoms with Crippen LogP contribution in [0.4, 0.5) is 0 Å². The van der Waals surface area contributed by atoms with Crippen LogP contribution in [-0.2, 0) is 11.3 Å². The summed E-state index contributed by atoms with van der Waals surface area (Å²) in [5, 5.41) is 13.6. The van der Waals surface area contributed by atoms with Crippen molar-refractivity contribution >= 4 is 5.91 Å². The molecule has 1 N–H and O–H groups in total. The van der Waals surface area contributed by atoms with Crippen molar-refractivity contribution in [3.05, 3.63) is 6.33 Å². The summed E-state index contributed by atoms with van der Waals surface area (Å²) in [6, 6.07) is 0. The molecule has 82 valence electrons. The SMILES string of the molecule is CC1(NC(=O)Cn2cnnn2)CCCC1. The highest BCUT2D eigenvalue weighted by atomic mass is 16.2. The lowest BCUT2D eigenvalue weighted by molar-refractivity contribution is -0.123. The molecule has 6 nitrogen and oxygen atoms in total. The molecule has 15 heavy (non-hydrogen) atoms. The Morgan fingerprint density at radius 3 is 2.87 bits per heavy atom. The zero-order chi connectivity index (χ0) is 10.7. The van der Waals surface area contributed by atoms with Gasteiger partial charge in [0.15, 0.2) is 0 Å². The number of nitrogens with zero attached hydrogens (tertiary/aromatic N) is 4. The molecule has 0 bridgehead atoms. The van der Waals surface area contributed by atoms with Crippen molar-refractivity contribution in [3.8, 4) is 0 Å². The number of amides is 1. The van der Waals surface area contributed by atoms with Crippen LogP contribution < -0.4 is 5.32 Å². The predicted molar refractivity (Wildman–Crippen MR) is 52.8 cm³/mol. The molecule has 1 aliphatic rings. The normalized spacial score (nSPS) is 19.0. The van der Waals surface area contributed by atoms with Crippen LogP contribution in [0.1, 0.15) is 32.6 Å². The van der Waals surface area contributed by atoms with Crippen LogP contribution in [-0.4, -0.2) is 31.7 Å². The Morgan fingerprint density at radius 1 is 1.53 bits per heavy atom. The minimum absolute atomic E-state index is 0.0216. The largest absolute Gasteiger partial charge is 0.349 e. The summed E-state index contributed by atoms with van der Waals surface area (Å²) in [5.74, 6) is -0.0216. The fraction of sp³-hybridized carbons (Fsp3) is 0.778. The van der Waals surface area contributed by atoms with Gasteiger partial charge in [0.05, 0.1) is 0 Å². The van der Waals surface area contributed by atoms with Crippen LogP contribution in [0.5, 0.6) is 0 Å². The lowest BCUT2D eigenvalue weighted by atomic mass is 10.0. The Balaban J connectivity index is 1.87. The summed E-state index contributed by atoms with van der Waals surface area (Å²) < 4.78 is 1.42. The van der Waals surface area contributed by atoms with Gasteiger partial charge in [-0.15, -0.1) is 5.10 Å². The number of hydrogen-bond acceptors (Lipinski definition) is 4. The van der Waals surface area contributed by atoms with Crippen molar-refractivity contribution in [2.75, 3.05) is 0 Å². The molecular weight excluding hydrogens is 194 g/mol. The number of rotatable bonds is 3. The highest BCUT2D eigenvalue weighted by molar-refractivity contribution is 5.76. The third kappa shape index (κ3) is 2.51. The molecule has 0 spiro atoms. The summed E-state index contributed by atoms with van der Waals surface area (Å²) in [5.41, 5.74) is -0.0227. The molecule has 1 aromatic heterocycles. The maximum atomic E-state index is 11.6. The van der Waals surface area contributed by atoms with Crippen molar-refractivity contribution in [3.63, 3.8) is 0 Å². The van der Waals surface area contributed by atoms with E-state index < -0.39 is 0 Å². The van der Waals surface area contributed by atoms with Gasteiger partial charge in [-0.3, -0.25) is 4.79 Å². The van der Waals surface area contributed by atoms with Crippen molar-refractivity contribution < 1.29 is 4.79 Å². The van der Waals surface area contributed by atoms with Gasteiger partial charge < -0.3 is 5.32 Å². The summed E-state index contributed by atoms with van der Waals surface area (Å²) in [6.07, 6.45) is 5.96. The third-order valence-corrected chi connectivity index (χ3v) is 2.85. The molecule has 1 saturated carbocycles. The standard InChI is InChI=1S/C9H15N5O/c1-9(4-2-3-5-9)11-8(15)6-14-7-10-12-13-14/h7H,2-6H2,1H3,(H,11,15). The van der Waals surface area contributed by atoms with Crippen molar-refractivity contribution in [2.24, 2.45) is 0 Å². The quantitative estimate of drug-likeness (QED) is 0.767. The second kappa shape index (κ2) is 3.96. The van der Waals surface area contributed by atoms with Gasteiger partial charge in [0.1, 0.15) is 12.9 Å². The van der Waals surface area contributed by atoms with E-state index in [2.05, 4.69) is 27.8 Å². The maximum Gasteiger partial charge on any atom is 0.242 e. The molecule has 2 rings (SSSR count). The minimum atomic E-state index is -0.0227. The smallest absolute Gasteiger partial charge is 0.242 e. The van der Waals surface area contributed by atoms with Crippen molar-refractivity contribution in [2.45, 2.75) is 44.7 Å². The van der Waals surface area contributed by atoms with Gasteiger partial charge in [-0.2, -0.15) is 0 Å². The predicted octanol–water partition coefficient (Wildman–Crippen LogP) is 0.122. The lowest BCUT2D eigenvalue weighted by Crippen LogP contribution is -2.45. The first-order chi connectivity index (χ1) is 7.18. The number of nitrogens with one attached hydrogen (secondary N) is 1. The van der Waals surface area contributed by atoms with Gasteiger partial charge in [-0.05, 0) is 30.2 Å². The summed E-state index contributed by atoms with van der Waals surface area (Å²) in [7, 11) is 0. The molecule has 0 unspecified atom stereocenters.